The van der Waals surface area contributed by atoms with E-state index >= 15 is 0 Å². The number of nitrogens with zero attached hydrogens (tertiary/aromatic N) is 3. The van der Waals surface area contributed by atoms with Gasteiger partial charge in [-0.3, -0.25) is 9.78 Å². The third kappa shape index (κ3) is 4.79. The van der Waals surface area contributed by atoms with Crippen LogP contribution in [0, 0.1) is 6.92 Å². The van der Waals surface area contributed by atoms with Crippen LogP contribution in [0.5, 0.6) is 5.75 Å². The van der Waals surface area contributed by atoms with Crippen molar-refractivity contribution in [2.24, 2.45) is 0 Å². The van der Waals surface area contributed by atoms with Crippen LogP contribution in [0.15, 0.2) is 42.7 Å². The van der Waals surface area contributed by atoms with E-state index in [9.17, 15) is 4.79 Å². The zero-order valence-corrected chi connectivity index (χ0v) is 14.1. The van der Waals surface area contributed by atoms with Crippen LogP contribution in [-0.2, 0) is 0 Å². The summed E-state index contributed by atoms with van der Waals surface area (Å²) >= 11 is 0. The second-order valence-electron chi connectivity index (χ2n) is 5.76. The summed E-state index contributed by atoms with van der Waals surface area (Å²) in [6.07, 6.45) is 3.32. The molecule has 0 spiro atoms. The molecule has 122 valence electrons. The summed E-state index contributed by atoms with van der Waals surface area (Å²) in [6, 6.07) is 9.36. The maximum atomic E-state index is 12.5. The molecule has 1 amide bonds. The zero-order chi connectivity index (χ0) is 16.8. The highest BCUT2D eigenvalue weighted by atomic mass is 16.5. The van der Waals surface area contributed by atoms with E-state index in [1.807, 2.05) is 51.4 Å². The number of anilines is 1. The van der Waals surface area contributed by atoms with Gasteiger partial charge in [0.1, 0.15) is 12.4 Å². The molecule has 1 aromatic carbocycles. The number of likely N-dealkylation sites (N-methyl/N-ethyl adjacent to an activating group) is 1. The molecule has 0 saturated carbocycles. The number of carbonyl (C=O) groups excluding carboxylic acids is 1. The Morgan fingerprint density at radius 3 is 2.43 bits per heavy atom. The number of pyridine rings is 1. The Morgan fingerprint density at radius 2 is 1.83 bits per heavy atom. The zero-order valence-electron chi connectivity index (χ0n) is 14.1. The molecule has 0 fully saturated rings. The van der Waals surface area contributed by atoms with Crippen molar-refractivity contribution in [3.8, 4) is 5.75 Å². The van der Waals surface area contributed by atoms with Crippen molar-refractivity contribution >= 4 is 11.6 Å². The Hall–Kier alpha value is -2.40. The number of hydrogen-bond donors (Lipinski definition) is 0. The average Bonchev–Trinajstić information content (AvgIpc) is 2.54. The Kier molecular flexibility index (Phi) is 5.71. The van der Waals surface area contributed by atoms with Gasteiger partial charge in [0.25, 0.3) is 5.91 Å². The van der Waals surface area contributed by atoms with Crippen LogP contribution in [-0.4, -0.2) is 50.1 Å². The molecular formula is C18H23N3O2. The van der Waals surface area contributed by atoms with E-state index in [0.29, 0.717) is 12.2 Å². The molecule has 0 aliphatic rings. The normalized spacial score (nSPS) is 10.7. The van der Waals surface area contributed by atoms with Crippen LogP contribution in [0.2, 0.25) is 0 Å². The van der Waals surface area contributed by atoms with Crippen LogP contribution < -0.4 is 9.64 Å². The summed E-state index contributed by atoms with van der Waals surface area (Å²) in [5.41, 5.74) is 2.36. The van der Waals surface area contributed by atoms with Gasteiger partial charge in [0, 0.05) is 31.7 Å². The lowest BCUT2D eigenvalue weighted by atomic mass is 10.2. The lowest BCUT2D eigenvalue weighted by Crippen LogP contribution is -2.26. The number of hydrogen-bond acceptors (Lipinski definition) is 4. The summed E-state index contributed by atoms with van der Waals surface area (Å²) in [5.74, 6) is 0.719. The lowest BCUT2D eigenvalue weighted by molar-refractivity contribution is 0.0992. The first-order valence-electron chi connectivity index (χ1n) is 7.54. The van der Waals surface area contributed by atoms with Crippen molar-refractivity contribution in [3.05, 3.63) is 53.9 Å². The Balaban J connectivity index is 2.02. The number of aromatic nitrogens is 1. The largest absolute Gasteiger partial charge is 0.492 e. The fraction of sp³-hybridized carbons (Fsp3) is 0.333. The molecule has 0 bridgehead atoms. The molecule has 2 rings (SSSR count). The standard InChI is InChI=1S/C18H23N3O2/c1-14-11-15(13-19-12-14)18(22)21(4)16-5-7-17(8-6-16)23-10-9-20(2)3/h5-8,11-13H,9-10H2,1-4H3. The smallest absolute Gasteiger partial charge is 0.259 e. The molecule has 0 atom stereocenters. The fourth-order valence-corrected chi connectivity index (χ4v) is 2.09. The molecule has 0 aliphatic heterocycles. The molecule has 5 heteroatoms. The van der Waals surface area contributed by atoms with Gasteiger partial charge in [0.15, 0.2) is 0 Å². The average molecular weight is 313 g/mol. The second-order valence-corrected chi connectivity index (χ2v) is 5.76. The predicted molar refractivity (Wildman–Crippen MR) is 92.2 cm³/mol. The van der Waals surface area contributed by atoms with Gasteiger partial charge in [-0.25, -0.2) is 0 Å². The molecule has 0 unspecified atom stereocenters. The summed E-state index contributed by atoms with van der Waals surface area (Å²) in [6.45, 7) is 3.42. The summed E-state index contributed by atoms with van der Waals surface area (Å²) < 4.78 is 5.66. The van der Waals surface area contributed by atoms with Gasteiger partial charge in [0.05, 0.1) is 5.56 Å². The summed E-state index contributed by atoms with van der Waals surface area (Å²) in [4.78, 5) is 20.2. The van der Waals surface area contributed by atoms with Crippen LogP contribution in [0.25, 0.3) is 0 Å². The Bertz CT molecular complexity index is 654. The third-order valence-corrected chi connectivity index (χ3v) is 3.46. The maximum Gasteiger partial charge on any atom is 0.259 e. The minimum atomic E-state index is -0.0810. The van der Waals surface area contributed by atoms with Gasteiger partial charge in [-0.1, -0.05) is 0 Å². The van der Waals surface area contributed by atoms with E-state index in [2.05, 4.69) is 9.88 Å². The molecule has 0 radical (unpaired) electrons. The molecular weight excluding hydrogens is 290 g/mol. The molecule has 23 heavy (non-hydrogen) atoms. The quantitative estimate of drug-likeness (QED) is 0.822. The van der Waals surface area contributed by atoms with Gasteiger partial charge < -0.3 is 14.5 Å². The minimum absolute atomic E-state index is 0.0810. The highest BCUT2D eigenvalue weighted by molar-refractivity contribution is 6.05. The first-order valence-corrected chi connectivity index (χ1v) is 7.54. The van der Waals surface area contributed by atoms with Crippen molar-refractivity contribution in [2.45, 2.75) is 6.92 Å². The van der Waals surface area contributed by atoms with Crippen molar-refractivity contribution in [2.75, 3.05) is 39.2 Å². The summed E-state index contributed by atoms with van der Waals surface area (Å²) in [5, 5.41) is 0. The highest BCUT2D eigenvalue weighted by Crippen LogP contribution is 2.20. The SMILES string of the molecule is Cc1cncc(C(=O)N(C)c2ccc(OCCN(C)C)cc2)c1. The van der Waals surface area contributed by atoms with E-state index in [-0.39, 0.29) is 5.91 Å². The minimum Gasteiger partial charge on any atom is -0.492 e. The van der Waals surface area contributed by atoms with Crippen molar-refractivity contribution < 1.29 is 9.53 Å². The van der Waals surface area contributed by atoms with E-state index in [1.54, 1.807) is 24.3 Å². The lowest BCUT2D eigenvalue weighted by Gasteiger charge is -2.18. The first kappa shape index (κ1) is 17.0. The molecule has 2 aromatic rings. The molecule has 5 nitrogen and oxygen atoms in total. The molecule has 1 aromatic heterocycles. The van der Waals surface area contributed by atoms with Gasteiger partial charge in [-0.15, -0.1) is 0 Å². The van der Waals surface area contributed by atoms with Crippen molar-refractivity contribution in [1.82, 2.24) is 9.88 Å². The number of carbonyl (C=O) groups is 1. The predicted octanol–water partition coefficient (Wildman–Crippen LogP) is 2.61. The van der Waals surface area contributed by atoms with Crippen LogP contribution in [0.3, 0.4) is 0 Å². The number of aryl methyl sites for hydroxylation is 1. The molecule has 0 saturated heterocycles. The van der Waals surface area contributed by atoms with Gasteiger partial charge in [-0.05, 0) is 56.9 Å². The number of amides is 1. The van der Waals surface area contributed by atoms with Gasteiger partial charge in [-0.2, -0.15) is 0 Å². The topological polar surface area (TPSA) is 45.7 Å². The third-order valence-electron chi connectivity index (χ3n) is 3.46. The number of rotatable bonds is 6. The molecule has 0 N–H and O–H groups in total. The van der Waals surface area contributed by atoms with Crippen LogP contribution >= 0.6 is 0 Å². The monoisotopic (exact) mass is 313 g/mol. The van der Waals surface area contributed by atoms with Crippen LogP contribution in [0.4, 0.5) is 5.69 Å². The van der Waals surface area contributed by atoms with Gasteiger partial charge in [0.2, 0.25) is 0 Å². The van der Waals surface area contributed by atoms with E-state index < -0.39 is 0 Å². The number of ether oxygens (including phenoxy) is 1. The molecule has 0 aliphatic carbocycles. The van der Waals surface area contributed by atoms with Crippen LogP contribution in [0.1, 0.15) is 15.9 Å². The molecule has 1 heterocycles. The second kappa shape index (κ2) is 7.74. The van der Waals surface area contributed by atoms with Gasteiger partial charge >= 0.3 is 0 Å². The maximum absolute atomic E-state index is 12.5. The van der Waals surface area contributed by atoms with E-state index in [1.165, 1.54) is 0 Å². The Morgan fingerprint density at radius 1 is 1.13 bits per heavy atom. The Labute approximate surface area is 137 Å². The number of benzene rings is 1. The highest BCUT2D eigenvalue weighted by Gasteiger charge is 2.14. The van der Waals surface area contributed by atoms with Crippen molar-refractivity contribution in [3.63, 3.8) is 0 Å². The van der Waals surface area contributed by atoms with E-state index in [4.69, 9.17) is 4.74 Å². The first-order chi connectivity index (χ1) is 11.0. The van der Waals surface area contributed by atoms with E-state index in [0.717, 1.165) is 23.5 Å². The fourth-order valence-electron chi connectivity index (χ4n) is 2.09. The van der Waals surface area contributed by atoms with Crippen molar-refractivity contribution in [1.29, 1.82) is 0 Å². The summed E-state index contributed by atoms with van der Waals surface area (Å²) in [7, 11) is 5.77.